The molecule has 0 unspecified atom stereocenters. The van der Waals surface area contributed by atoms with Crippen LogP contribution in [0.25, 0.3) is 6.08 Å². The fourth-order valence-corrected chi connectivity index (χ4v) is 1.31. The highest BCUT2D eigenvalue weighted by Gasteiger charge is 1.82. The van der Waals surface area contributed by atoms with E-state index in [1.807, 2.05) is 0 Å². The molecule has 0 spiro atoms. The van der Waals surface area contributed by atoms with Crippen molar-refractivity contribution in [3.05, 3.63) is 28.5 Å². The van der Waals surface area contributed by atoms with Crippen LogP contribution in [0.2, 0.25) is 0 Å². The van der Waals surface area contributed by atoms with Crippen molar-refractivity contribution >= 4 is 17.4 Å². The lowest BCUT2D eigenvalue weighted by Gasteiger charge is -1.83. The Bertz CT molecular complexity index is 189. The predicted octanol–water partition coefficient (Wildman–Crippen LogP) is 2.11. The maximum absolute atomic E-state index is 5.32. The van der Waals surface area contributed by atoms with Gasteiger partial charge in [0, 0.05) is 0 Å². The van der Waals surface area contributed by atoms with Gasteiger partial charge in [-0.1, -0.05) is 12.2 Å². The van der Waals surface area contributed by atoms with Gasteiger partial charge in [-0.25, -0.2) is 0 Å². The van der Waals surface area contributed by atoms with Gasteiger partial charge in [-0.15, -0.1) is 0 Å². The van der Waals surface area contributed by atoms with Crippen molar-refractivity contribution in [2.45, 2.75) is 6.42 Å². The van der Waals surface area contributed by atoms with Crippen LogP contribution in [0.15, 0.2) is 22.9 Å². The normalized spacial score (nSPS) is 10.9. The Balaban J connectivity index is 2.40. The van der Waals surface area contributed by atoms with Crippen LogP contribution in [0.3, 0.4) is 0 Å². The summed E-state index contributed by atoms with van der Waals surface area (Å²) in [5.74, 6) is 0. The summed E-state index contributed by atoms with van der Waals surface area (Å²) in [7, 11) is 0. The summed E-state index contributed by atoms with van der Waals surface area (Å²) in [5.41, 5.74) is 6.60. The fraction of sp³-hybridized carbons (Fsp3) is 0.250. The molecule has 2 heteroatoms. The van der Waals surface area contributed by atoms with Gasteiger partial charge in [0.2, 0.25) is 0 Å². The first kappa shape index (κ1) is 7.51. The van der Waals surface area contributed by atoms with Crippen LogP contribution in [0.4, 0.5) is 0 Å². The number of hydrogen-bond donors (Lipinski definition) is 1. The monoisotopic (exact) mass is 153 g/mol. The van der Waals surface area contributed by atoms with Crippen molar-refractivity contribution in [3.63, 3.8) is 0 Å². The first-order valence-electron chi connectivity index (χ1n) is 3.32. The van der Waals surface area contributed by atoms with Crippen LogP contribution in [0.1, 0.15) is 12.0 Å². The lowest BCUT2D eigenvalue weighted by Crippen LogP contribution is -1.94. The zero-order chi connectivity index (χ0) is 7.23. The molecule has 1 heterocycles. The van der Waals surface area contributed by atoms with Gasteiger partial charge in [0.05, 0.1) is 0 Å². The average molecular weight is 153 g/mol. The molecule has 0 aliphatic heterocycles. The van der Waals surface area contributed by atoms with E-state index in [1.165, 1.54) is 5.56 Å². The molecule has 0 amide bonds. The first-order valence-corrected chi connectivity index (χ1v) is 4.26. The quantitative estimate of drug-likeness (QED) is 0.707. The Kier molecular flexibility index (Phi) is 3.19. The molecule has 10 heavy (non-hydrogen) atoms. The van der Waals surface area contributed by atoms with Gasteiger partial charge >= 0.3 is 0 Å². The number of rotatable bonds is 3. The van der Waals surface area contributed by atoms with Crippen LogP contribution in [0, 0.1) is 0 Å². The van der Waals surface area contributed by atoms with Crippen LogP contribution in [0.5, 0.6) is 0 Å². The standard InChI is InChI=1S/C8H11NS/c9-5-2-1-3-8-4-6-10-7-8/h1,3-4,6-7H,2,5,9H2. The van der Waals surface area contributed by atoms with E-state index >= 15 is 0 Å². The predicted molar refractivity (Wildman–Crippen MR) is 47.0 cm³/mol. The zero-order valence-electron chi connectivity index (χ0n) is 5.79. The fourth-order valence-electron chi connectivity index (χ4n) is 0.685. The summed E-state index contributed by atoms with van der Waals surface area (Å²) in [6.07, 6.45) is 5.17. The molecule has 1 aromatic heterocycles. The molecule has 0 bridgehead atoms. The van der Waals surface area contributed by atoms with Gasteiger partial charge in [-0.3, -0.25) is 0 Å². The second kappa shape index (κ2) is 4.25. The second-order valence-electron chi connectivity index (χ2n) is 2.04. The zero-order valence-corrected chi connectivity index (χ0v) is 6.60. The molecule has 1 aromatic rings. The minimum atomic E-state index is 0.737. The second-order valence-corrected chi connectivity index (χ2v) is 2.82. The molecular formula is C8H11NS. The molecule has 0 saturated carbocycles. The average Bonchev–Trinajstić information content (AvgIpc) is 2.41. The Morgan fingerprint density at radius 1 is 1.60 bits per heavy atom. The molecular weight excluding hydrogens is 142 g/mol. The molecule has 0 aliphatic rings. The van der Waals surface area contributed by atoms with Crippen LogP contribution >= 0.6 is 11.3 Å². The summed E-state index contributed by atoms with van der Waals surface area (Å²) in [6, 6.07) is 2.09. The van der Waals surface area contributed by atoms with Crippen molar-refractivity contribution in [2.24, 2.45) is 5.73 Å². The third-order valence-corrected chi connectivity index (χ3v) is 1.89. The van der Waals surface area contributed by atoms with E-state index in [2.05, 4.69) is 29.0 Å². The third-order valence-electron chi connectivity index (χ3n) is 1.19. The molecule has 0 aromatic carbocycles. The molecule has 0 saturated heterocycles. The van der Waals surface area contributed by atoms with Crippen molar-refractivity contribution in [2.75, 3.05) is 6.54 Å². The lowest BCUT2D eigenvalue weighted by molar-refractivity contribution is 1.01. The topological polar surface area (TPSA) is 26.0 Å². The van der Waals surface area contributed by atoms with E-state index in [9.17, 15) is 0 Å². The van der Waals surface area contributed by atoms with E-state index in [0.29, 0.717) is 0 Å². The summed E-state index contributed by atoms with van der Waals surface area (Å²) in [5, 5.41) is 4.19. The first-order chi connectivity index (χ1) is 4.93. The Morgan fingerprint density at radius 2 is 2.50 bits per heavy atom. The van der Waals surface area contributed by atoms with Crippen molar-refractivity contribution in [1.29, 1.82) is 0 Å². The van der Waals surface area contributed by atoms with Gasteiger partial charge in [-0.2, -0.15) is 11.3 Å². The summed E-state index contributed by atoms with van der Waals surface area (Å²) < 4.78 is 0. The molecule has 1 nitrogen and oxygen atoms in total. The summed E-state index contributed by atoms with van der Waals surface area (Å²) in [6.45, 7) is 0.737. The van der Waals surface area contributed by atoms with Crippen molar-refractivity contribution < 1.29 is 0 Å². The van der Waals surface area contributed by atoms with Crippen molar-refractivity contribution in [1.82, 2.24) is 0 Å². The van der Waals surface area contributed by atoms with Crippen molar-refractivity contribution in [3.8, 4) is 0 Å². The van der Waals surface area contributed by atoms with E-state index < -0.39 is 0 Å². The van der Waals surface area contributed by atoms with Gasteiger partial charge in [-0.05, 0) is 35.4 Å². The molecule has 0 fully saturated rings. The van der Waals surface area contributed by atoms with Crippen LogP contribution < -0.4 is 5.73 Å². The minimum Gasteiger partial charge on any atom is -0.330 e. The van der Waals surface area contributed by atoms with E-state index in [0.717, 1.165) is 13.0 Å². The summed E-state index contributed by atoms with van der Waals surface area (Å²) >= 11 is 1.72. The van der Waals surface area contributed by atoms with E-state index in [1.54, 1.807) is 11.3 Å². The van der Waals surface area contributed by atoms with Gasteiger partial charge in [0.15, 0.2) is 0 Å². The molecule has 2 N–H and O–H groups in total. The maximum Gasteiger partial charge on any atom is -0.00209 e. The Morgan fingerprint density at radius 3 is 3.10 bits per heavy atom. The highest BCUT2D eigenvalue weighted by atomic mass is 32.1. The maximum atomic E-state index is 5.32. The summed E-state index contributed by atoms with van der Waals surface area (Å²) in [4.78, 5) is 0. The molecule has 0 atom stereocenters. The minimum absolute atomic E-state index is 0.737. The Labute approximate surface area is 65.2 Å². The lowest BCUT2D eigenvalue weighted by atomic mass is 10.3. The molecule has 0 aliphatic carbocycles. The van der Waals surface area contributed by atoms with Gasteiger partial charge in [0.1, 0.15) is 0 Å². The number of hydrogen-bond acceptors (Lipinski definition) is 2. The van der Waals surface area contributed by atoms with Gasteiger partial charge in [0.25, 0.3) is 0 Å². The third kappa shape index (κ3) is 2.33. The van der Waals surface area contributed by atoms with Crippen LogP contribution in [-0.2, 0) is 0 Å². The van der Waals surface area contributed by atoms with E-state index in [4.69, 9.17) is 5.73 Å². The van der Waals surface area contributed by atoms with E-state index in [-0.39, 0.29) is 0 Å². The Hall–Kier alpha value is -0.600. The highest BCUT2D eigenvalue weighted by Crippen LogP contribution is 2.07. The smallest absolute Gasteiger partial charge is 0.00209 e. The molecule has 54 valence electrons. The van der Waals surface area contributed by atoms with Gasteiger partial charge < -0.3 is 5.73 Å². The molecule has 0 radical (unpaired) electrons. The number of nitrogens with two attached hydrogens (primary N) is 1. The molecule has 1 rings (SSSR count). The SMILES string of the molecule is NCCC=Cc1ccsc1. The largest absolute Gasteiger partial charge is 0.330 e. The van der Waals surface area contributed by atoms with Crippen LogP contribution in [-0.4, -0.2) is 6.54 Å². The number of thiophene rings is 1. The highest BCUT2D eigenvalue weighted by molar-refractivity contribution is 7.08.